The molecule has 62 heavy (non-hydrogen) atoms. The zero-order valence-corrected chi connectivity index (χ0v) is 34.3. The Kier molecular flexibility index (Phi) is 18.8. The van der Waals surface area contributed by atoms with Crippen LogP contribution in [0, 0.1) is 5.92 Å². The number of hydrogen-bond acceptors (Lipinski definition) is 19. The van der Waals surface area contributed by atoms with Crippen LogP contribution in [0.15, 0.2) is 107 Å². The topological polar surface area (TPSA) is 292 Å². The lowest BCUT2D eigenvalue weighted by Crippen LogP contribution is -2.39. The molecule has 1 fully saturated rings. The molecule has 1 saturated carbocycles. The van der Waals surface area contributed by atoms with Crippen LogP contribution in [0.25, 0.3) is 32.3 Å². The molecule has 19 nitrogen and oxygen atoms in total. The second-order valence-corrected chi connectivity index (χ2v) is 14.6. The minimum atomic E-state index is -1.44. The lowest BCUT2D eigenvalue weighted by Gasteiger charge is -2.19. The van der Waals surface area contributed by atoms with E-state index in [0.717, 1.165) is 56.9 Å². The van der Waals surface area contributed by atoms with Crippen LogP contribution in [0.2, 0.25) is 0 Å². The predicted molar refractivity (Wildman–Crippen MR) is 240 cm³/mol. The van der Waals surface area contributed by atoms with Gasteiger partial charge in [0.05, 0.1) is 44.0 Å². The molecule has 19 heteroatoms. The fourth-order valence-corrected chi connectivity index (χ4v) is 6.31. The van der Waals surface area contributed by atoms with E-state index in [1.165, 1.54) is 37.4 Å². The lowest BCUT2D eigenvalue weighted by atomic mass is 10.0. The van der Waals surface area contributed by atoms with Gasteiger partial charge >= 0.3 is 0 Å². The first-order valence-corrected chi connectivity index (χ1v) is 20.3. The second kappa shape index (κ2) is 24.9. The average molecular weight is 851 g/mol. The Bertz CT molecular complexity index is 2360. The third kappa shape index (κ3) is 14.2. The number of aromatic nitrogens is 6. The Labute approximate surface area is 358 Å². The molecule has 6 atom stereocenters. The maximum atomic E-state index is 9.62. The van der Waals surface area contributed by atoms with E-state index in [9.17, 15) is 25.5 Å². The summed E-state index contributed by atoms with van der Waals surface area (Å²) in [5, 5.41) is 106. The molecule has 0 spiro atoms. The quantitative estimate of drug-likeness (QED) is 0.0401. The molecule has 1 aliphatic rings. The molecule has 0 aliphatic heterocycles. The van der Waals surface area contributed by atoms with E-state index in [2.05, 4.69) is 69.1 Å². The van der Waals surface area contributed by atoms with Gasteiger partial charge in [-0.05, 0) is 25.2 Å². The molecule has 3 aromatic carbocycles. The van der Waals surface area contributed by atoms with Crippen molar-refractivity contribution in [3.05, 3.63) is 91.4 Å². The Hall–Kier alpha value is -6.19. The van der Waals surface area contributed by atoms with Gasteiger partial charge in [-0.3, -0.25) is 16.3 Å². The van der Waals surface area contributed by atoms with Crippen LogP contribution in [0.1, 0.15) is 51.9 Å². The van der Waals surface area contributed by atoms with E-state index < -0.39 is 43.7 Å². The highest BCUT2D eigenvalue weighted by atomic mass is 16.4. The first kappa shape index (κ1) is 46.9. The lowest BCUT2D eigenvalue weighted by molar-refractivity contribution is -0.0732. The zero-order valence-electron chi connectivity index (χ0n) is 34.3. The van der Waals surface area contributed by atoms with Crippen LogP contribution in [0.5, 0.6) is 0 Å². The van der Waals surface area contributed by atoms with Gasteiger partial charge < -0.3 is 35.7 Å². The van der Waals surface area contributed by atoms with E-state index >= 15 is 0 Å². The molecule has 3 aromatic heterocycles. The summed E-state index contributed by atoms with van der Waals surface area (Å²) in [6.45, 7) is 1.19. The first-order valence-electron chi connectivity index (χ1n) is 20.3. The SMILES string of the molecule is CC1CCCC/C(=N\Nc2nncc3ccccc23)C1.OCC(O)C(O)C(O)C/C=N/Nc1nncc2ccccc12.OCC(O)C(O)C/C=N/Nc1nncc2ccccc12. The van der Waals surface area contributed by atoms with Crippen molar-refractivity contribution in [1.82, 2.24) is 30.6 Å². The number of aliphatic hydroxyl groups excluding tert-OH is 7. The number of rotatable bonds is 15. The van der Waals surface area contributed by atoms with Crippen molar-refractivity contribution in [2.45, 2.75) is 82.4 Å². The van der Waals surface area contributed by atoms with Crippen LogP contribution in [0.3, 0.4) is 0 Å². The normalized spacial score (nSPS) is 17.4. The first-order chi connectivity index (χ1) is 30.2. The Morgan fingerprint density at radius 3 is 1.53 bits per heavy atom. The van der Waals surface area contributed by atoms with Crippen LogP contribution >= 0.6 is 0 Å². The highest BCUT2D eigenvalue weighted by Crippen LogP contribution is 2.23. The zero-order chi connectivity index (χ0) is 44.1. The summed E-state index contributed by atoms with van der Waals surface area (Å²) in [4.78, 5) is 0. The number of nitrogens with one attached hydrogen (secondary N) is 3. The molecule has 3 heterocycles. The molecule has 10 N–H and O–H groups in total. The summed E-state index contributed by atoms with van der Waals surface area (Å²) in [6, 6.07) is 23.2. The summed E-state index contributed by atoms with van der Waals surface area (Å²) in [6.07, 6.45) is 7.73. The standard InChI is InChI=1S/C16H20N4.C14H18N4O4.C13H16N4O3/c1-12-6-2-4-8-14(10-12)18-20-16-15-9-5-3-7-13(15)11-17-19-16;19-8-12(21)13(22)11(20)5-6-15-17-14-10-4-2-1-3-9(10)7-16-18-14;18-8-12(20)11(19)5-6-14-16-13-10-4-2-1-3-9(10)7-15-17-13/h3,5,7,9,11-12H,2,4,6,8,10H2,1H3,(H,19,20);1-4,6-7,11-13,19-22H,5,8H2,(H,17,18);1-4,6-7,11-12,18-20H,5,8H2,(H,16,17)/b18-14+;15-6+;14-6+. The van der Waals surface area contributed by atoms with Gasteiger partial charge in [0.15, 0.2) is 17.5 Å². The summed E-state index contributed by atoms with van der Waals surface area (Å²) < 4.78 is 0. The van der Waals surface area contributed by atoms with Crippen molar-refractivity contribution in [1.29, 1.82) is 0 Å². The number of benzene rings is 3. The molecule has 7 rings (SSSR count). The van der Waals surface area contributed by atoms with Gasteiger partial charge in [0.2, 0.25) is 0 Å². The van der Waals surface area contributed by atoms with Crippen molar-refractivity contribution in [3.8, 4) is 0 Å². The van der Waals surface area contributed by atoms with Crippen LogP contribution < -0.4 is 16.3 Å². The van der Waals surface area contributed by atoms with Gasteiger partial charge in [0.25, 0.3) is 0 Å². The van der Waals surface area contributed by atoms with Crippen LogP contribution in [-0.2, 0) is 0 Å². The molecule has 6 unspecified atom stereocenters. The summed E-state index contributed by atoms with van der Waals surface area (Å²) in [5.74, 6) is 2.46. The van der Waals surface area contributed by atoms with Crippen molar-refractivity contribution in [2.24, 2.45) is 21.2 Å². The predicted octanol–water partition coefficient (Wildman–Crippen LogP) is 3.62. The molecule has 0 radical (unpaired) electrons. The maximum absolute atomic E-state index is 9.62. The van der Waals surface area contributed by atoms with Crippen molar-refractivity contribution >= 4 is 67.9 Å². The largest absolute Gasteiger partial charge is 0.394 e. The van der Waals surface area contributed by atoms with Gasteiger partial charge in [-0.1, -0.05) is 92.6 Å². The van der Waals surface area contributed by atoms with Gasteiger partial charge in [0, 0.05) is 63.3 Å². The van der Waals surface area contributed by atoms with E-state index in [0.29, 0.717) is 11.6 Å². The van der Waals surface area contributed by atoms with Gasteiger partial charge in [-0.15, -0.1) is 15.3 Å². The van der Waals surface area contributed by atoms with Crippen molar-refractivity contribution in [3.63, 3.8) is 0 Å². The fraction of sp³-hybridized carbons (Fsp3) is 0.372. The summed E-state index contributed by atoms with van der Waals surface area (Å²) in [5.41, 5.74) is 9.83. The molecule has 1 aliphatic carbocycles. The van der Waals surface area contributed by atoms with E-state index in [1.54, 1.807) is 18.6 Å². The highest BCUT2D eigenvalue weighted by molar-refractivity contribution is 5.93. The fourth-order valence-electron chi connectivity index (χ4n) is 6.31. The molecule has 0 saturated heterocycles. The van der Waals surface area contributed by atoms with Crippen LogP contribution in [0.4, 0.5) is 17.5 Å². The van der Waals surface area contributed by atoms with Gasteiger partial charge in [-0.25, -0.2) is 0 Å². The highest BCUT2D eigenvalue weighted by Gasteiger charge is 2.23. The average Bonchev–Trinajstić information content (AvgIpc) is 3.53. The number of fused-ring (bicyclic) bond motifs is 3. The minimum absolute atomic E-state index is 0.00339. The second-order valence-electron chi connectivity index (χ2n) is 14.6. The third-order valence-corrected chi connectivity index (χ3v) is 9.85. The number of aliphatic hydroxyl groups is 7. The molecule has 0 bridgehead atoms. The van der Waals surface area contributed by atoms with E-state index in [4.69, 9.17) is 10.2 Å². The van der Waals surface area contributed by atoms with Crippen molar-refractivity contribution in [2.75, 3.05) is 29.5 Å². The Morgan fingerprint density at radius 2 is 1.05 bits per heavy atom. The molecule has 0 amide bonds. The molecular weight excluding hydrogens is 797 g/mol. The summed E-state index contributed by atoms with van der Waals surface area (Å²) in [7, 11) is 0. The third-order valence-electron chi connectivity index (χ3n) is 9.85. The maximum Gasteiger partial charge on any atom is 0.176 e. The molecular formula is C43H54N12O7. The van der Waals surface area contributed by atoms with E-state index in [-0.39, 0.29) is 12.8 Å². The summed E-state index contributed by atoms with van der Waals surface area (Å²) >= 11 is 0. The monoisotopic (exact) mass is 850 g/mol. The Balaban J connectivity index is 0.000000176. The van der Waals surface area contributed by atoms with Crippen molar-refractivity contribution < 1.29 is 35.7 Å². The molecule has 328 valence electrons. The smallest absolute Gasteiger partial charge is 0.176 e. The Morgan fingerprint density at radius 1 is 0.597 bits per heavy atom. The van der Waals surface area contributed by atoms with Gasteiger partial charge in [0.1, 0.15) is 18.3 Å². The molecule has 6 aromatic rings. The number of hydrazone groups is 3. The van der Waals surface area contributed by atoms with Gasteiger partial charge in [-0.2, -0.15) is 30.6 Å². The minimum Gasteiger partial charge on any atom is -0.394 e. The van der Waals surface area contributed by atoms with Crippen LogP contribution in [-0.4, -0.2) is 128 Å². The number of hydrogen-bond donors (Lipinski definition) is 10. The van der Waals surface area contributed by atoms with E-state index in [1.807, 2.05) is 72.8 Å². The number of nitrogens with zero attached hydrogens (tertiary/aromatic N) is 9. The number of anilines is 3.